The molecule has 0 unspecified atom stereocenters. The minimum absolute atomic E-state index is 0.0657. The van der Waals surface area contributed by atoms with E-state index in [4.69, 9.17) is 0 Å². The van der Waals surface area contributed by atoms with Crippen LogP contribution in [0, 0.1) is 6.92 Å². The molecular weight excluding hydrogens is 192 g/mol. The standard InChI is InChI=1S/C12H10O3/c1-7-5-6-8-3-2-4-9(13)12(15)10(8)11(7)14/h2-6,14H,1H3,(H,13,15). The van der Waals surface area contributed by atoms with Crippen molar-refractivity contribution in [2.75, 3.05) is 0 Å². The molecule has 2 rings (SSSR count). The van der Waals surface area contributed by atoms with E-state index in [9.17, 15) is 15.0 Å². The van der Waals surface area contributed by atoms with Gasteiger partial charge in [-0.1, -0.05) is 24.3 Å². The maximum Gasteiger partial charge on any atom is 0.231 e. The second kappa shape index (κ2) is 3.28. The first-order chi connectivity index (χ1) is 7.11. The lowest BCUT2D eigenvalue weighted by Crippen LogP contribution is -1.97. The van der Waals surface area contributed by atoms with Gasteiger partial charge in [-0.25, -0.2) is 0 Å². The van der Waals surface area contributed by atoms with E-state index in [1.807, 2.05) is 0 Å². The zero-order valence-corrected chi connectivity index (χ0v) is 8.19. The third-order valence-corrected chi connectivity index (χ3v) is 2.40. The van der Waals surface area contributed by atoms with E-state index < -0.39 is 5.43 Å². The van der Waals surface area contributed by atoms with Gasteiger partial charge in [-0.15, -0.1) is 0 Å². The van der Waals surface area contributed by atoms with E-state index >= 15 is 0 Å². The fourth-order valence-electron chi connectivity index (χ4n) is 1.54. The van der Waals surface area contributed by atoms with Crippen molar-refractivity contribution in [3.05, 3.63) is 46.1 Å². The number of aromatic hydroxyl groups is 2. The molecule has 0 atom stereocenters. The van der Waals surface area contributed by atoms with Crippen molar-refractivity contribution in [3.63, 3.8) is 0 Å². The van der Waals surface area contributed by atoms with Crippen LogP contribution in [-0.2, 0) is 0 Å². The number of phenolic OH excluding ortho intramolecular Hbond substituents is 1. The van der Waals surface area contributed by atoms with Crippen molar-refractivity contribution in [3.8, 4) is 11.5 Å². The smallest absolute Gasteiger partial charge is 0.231 e. The molecule has 0 aliphatic carbocycles. The largest absolute Gasteiger partial charge is 0.507 e. The third kappa shape index (κ3) is 1.42. The van der Waals surface area contributed by atoms with Crippen LogP contribution < -0.4 is 5.43 Å². The highest BCUT2D eigenvalue weighted by Gasteiger charge is 2.07. The number of phenols is 1. The van der Waals surface area contributed by atoms with Gasteiger partial charge in [0.05, 0.1) is 5.39 Å². The van der Waals surface area contributed by atoms with Crippen molar-refractivity contribution in [2.45, 2.75) is 6.92 Å². The molecule has 2 N–H and O–H groups in total. The Labute approximate surface area is 86.2 Å². The van der Waals surface area contributed by atoms with Gasteiger partial charge in [-0.05, 0) is 23.9 Å². The zero-order valence-electron chi connectivity index (χ0n) is 8.19. The predicted molar refractivity (Wildman–Crippen MR) is 58.3 cm³/mol. The Kier molecular flexibility index (Phi) is 2.08. The first kappa shape index (κ1) is 9.52. The predicted octanol–water partition coefficient (Wildman–Crippen LogP) is 1.92. The maximum absolute atomic E-state index is 11.7. The molecule has 0 spiro atoms. The molecule has 2 aromatic rings. The summed E-state index contributed by atoms with van der Waals surface area (Å²) in [6.45, 7) is 1.71. The molecule has 0 radical (unpaired) electrons. The van der Waals surface area contributed by atoms with E-state index in [-0.39, 0.29) is 16.9 Å². The van der Waals surface area contributed by atoms with Crippen LogP contribution in [0.3, 0.4) is 0 Å². The Morgan fingerprint density at radius 2 is 1.80 bits per heavy atom. The molecule has 2 aromatic carbocycles. The van der Waals surface area contributed by atoms with Gasteiger partial charge in [0.2, 0.25) is 5.43 Å². The highest BCUT2D eigenvalue weighted by molar-refractivity contribution is 5.89. The minimum atomic E-state index is -0.545. The third-order valence-electron chi connectivity index (χ3n) is 2.40. The summed E-state index contributed by atoms with van der Waals surface area (Å²) < 4.78 is 0. The van der Waals surface area contributed by atoms with Gasteiger partial charge in [-0.3, -0.25) is 4.79 Å². The van der Waals surface area contributed by atoms with E-state index in [0.29, 0.717) is 10.9 Å². The second-order valence-electron chi connectivity index (χ2n) is 3.44. The lowest BCUT2D eigenvalue weighted by atomic mass is 10.1. The number of hydrogen-bond acceptors (Lipinski definition) is 3. The highest BCUT2D eigenvalue weighted by Crippen LogP contribution is 2.25. The lowest BCUT2D eigenvalue weighted by Gasteiger charge is -2.00. The molecule has 3 heteroatoms. The molecule has 15 heavy (non-hydrogen) atoms. The fraction of sp³-hybridized carbons (Fsp3) is 0.0833. The summed E-state index contributed by atoms with van der Waals surface area (Å²) in [6, 6.07) is 8.04. The van der Waals surface area contributed by atoms with Gasteiger partial charge in [0.1, 0.15) is 5.75 Å². The van der Waals surface area contributed by atoms with Gasteiger partial charge in [-0.2, -0.15) is 0 Å². The topological polar surface area (TPSA) is 57.5 Å². The average molecular weight is 202 g/mol. The van der Waals surface area contributed by atoms with Crippen molar-refractivity contribution in [1.29, 1.82) is 0 Å². The Morgan fingerprint density at radius 3 is 2.53 bits per heavy atom. The molecule has 0 aliphatic rings. The van der Waals surface area contributed by atoms with Crippen LogP contribution in [0.5, 0.6) is 11.5 Å². The van der Waals surface area contributed by atoms with Crippen LogP contribution in [0.25, 0.3) is 10.8 Å². The summed E-state index contributed by atoms with van der Waals surface area (Å²) in [4.78, 5) is 11.7. The average Bonchev–Trinajstić information content (AvgIpc) is 2.35. The molecule has 0 bridgehead atoms. The fourth-order valence-corrected chi connectivity index (χ4v) is 1.54. The number of rotatable bonds is 0. The maximum atomic E-state index is 11.7. The van der Waals surface area contributed by atoms with Gasteiger partial charge < -0.3 is 10.2 Å². The molecule has 0 saturated carbocycles. The number of fused-ring (bicyclic) bond motifs is 1. The zero-order chi connectivity index (χ0) is 11.0. The summed E-state index contributed by atoms with van der Waals surface area (Å²) in [5, 5.41) is 19.9. The Morgan fingerprint density at radius 1 is 1.07 bits per heavy atom. The normalized spacial score (nSPS) is 10.5. The van der Waals surface area contributed by atoms with Gasteiger partial charge >= 0.3 is 0 Å². The SMILES string of the molecule is Cc1ccc2cccc(O)c(=O)c2c1O. The summed E-state index contributed by atoms with van der Waals surface area (Å²) >= 11 is 0. The minimum Gasteiger partial charge on any atom is -0.507 e. The van der Waals surface area contributed by atoms with Crippen LogP contribution in [0.15, 0.2) is 35.1 Å². The molecule has 0 heterocycles. The number of hydrogen-bond donors (Lipinski definition) is 2. The molecule has 0 fully saturated rings. The Balaban J connectivity index is 3.12. The quantitative estimate of drug-likeness (QED) is 0.686. The van der Waals surface area contributed by atoms with E-state index in [2.05, 4.69) is 0 Å². The molecule has 76 valence electrons. The Hall–Kier alpha value is -2.03. The van der Waals surface area contributed by atoms with Crippen LogP contribution in [0.1, 0.15) is 5.56 Å². The first-order valence-electron chi connectivity index (χ1n) is 4.56. The second-order valence-corrected chi connectivity index (χ2v) is 3.44. The van der Waals surface area contributed by atoms with E-state index in [1.165, 1.54) is 6.07 Å². The van der Waals surface area contributed by atoms with Crippen molar-refractivity contribution in [2.24, 2.45) is 0 Å². The van der Waals surface area contributed by atoms with Crippen LogP contribution in [0.2, 0.25) is 0 Å². The van der Waals surface area contributed by atoms with Gasteiger partial charge in [0.15, 0.2) is 5.75 Å². The summed E-state index contributed by atoms with van der Waals surface area (Å²) in [6.07, 6.45) is 0. The number of aryl methyl sites for hydroxylation is 1. The molecule has 0 aromatic heterocycles. The van der Waals surface area contributed by atoms with Crippen LogP contribution >= 0.6 is 0 Å². The first-order valence-corrected chi connectivity index (χ1v) is 4.56. The summed E-state index contributed by atoms with van der Waals surface area (Å²) in [5.41, 5.74) is 0.0707. The highest BCUT2D eigenvalue weighted by atomic mass is 16.3. The van der Waals surface area contributed by atoms with Crippen LogP contribution in [-0.4, -0.2) is 10.2 Å². The van der Waals surface area contributed by atoms with Crippen molar-refractivity contribution in [1.82, 2.24) is 0 Å². The monoisotopic (exact) mass is 202 g/mol. The number of benzene rings is 1. The van der Waals surface area contributed by atoms with Crippen molar-refractivity contribution < 1.29 is 10.2 Å². The Bertz CT molecular complexity index is 588. The van der Waals surface area contributed by atoms with E-state index in [1.54, 1.807) is 31.2 Å². The molecule has 0 aliphatic heterocycles. The molecule has 0 amide bonds. The lowest BCUT2D eigenvalue weighted by molar-refractivity contribution is 0.467. The molecule has 0 saturated heterocycles. The van der Waals surface area contributed by atoms with Gasteiger partial charge in [0.25, 0.3) is 0 Å². The molecule has 3 nitrogen and oxygen atoms in total. The summed E-state index contributed by atoms with van der Waals surface area (Å²) in [5.74, 6) is -0.421. The van der Waals surface area contributed by atoms with E-state index in [0.717, 1.165) is 0 Å². The summed E-state index contributed by atoms with van der Waals surface area (Å²) in [7, 11) is 0. The van der Waals surface area contributed by atoms with Crippen LogP contribution in [0.4, 0.5) is 0 Å². The molecular formula is C12H10O3. The van der Waals surface area contributed by atoms with Gasteiger partial charge in [0, 0.05) is 0 Å². The van der Waals surface area contributed by atoms with Crippen molar-refractivity contribution >= 4 is 10.8 Å².